The number of hydrogen-bond donors (Lipinski definition) is 2. The van der Waals surface area contributed by atoms with Crippen LogP contribution >= 0.6 is 0 Å². The Labute approximate surface area is 163 Å². The highest BCUT2D eigenvalue weighted by atomic mass is 16.5. The van der Waals surface area contributed by atoms with Crippen molar-refractivity contribution in [1.82, 2.24) is 5.32 Å². The Bertz CT molecular complexity index is 850. The first-order valence-electron chi connectivity index (χ1n) is 8.45. The van der Waals surface area contributed by atoms with Crippen molar-refractivity contribution < 1.29 is 33.6 Å². The van der Waals surface area contributed by atoms with Gasteiger partial charge in [-0.25, -0.2) is 4.79 Å². The van der Waals surface area contributed by atoms with Gasteiger partial charge in [-0.2, -0.15) is 0 Å². The number of methoxy groups -OCH3 is 3. The fourth-order valence-corrected chi connectivity index (χ4v) is 2.56. The van der Waals surface area contributed by atoms with E-state index in [9.17, 15) is 14.7 Å². The molecule has 28 heavy (non-hydrogen) atoms. The molecule has 1 atom stereocenters. The molecule has 8 heteroatoms. The summed E-state index contributed by atoms with van der Waals surface area (Å²) in [7, 11) is 4.52. The molecule has 0 aliphatic heterocycles. The predicted octanol–water partition coefficient (Wildman–Crippen LogP) is 2.45. The smallest absolute Gasteiger partial charge is 0.342 e. The average molecular weight is 389 g/mol. The molecule has 0 aliphatic rings. The third kappa shape index (κ3) is 5.06. The van der Waals surface area contributed by atoms with Crippen molar-refractivity contribution in [3.05, 3.63) is 47.5 Å². The van der Waals surface area contributed by atoms with Gasteiger partial charge in [-0.15, -0.1) is 0 Å². The van der Waals surface area contributed by atoms with E-state index in [2.05, 4.69) is 5.32 Å². The Morgan fingerprint density at radius 2 is 1.64 bits per heavy atom. The highest BCUT2D eigenvalue weighted by Gasteiger charge is 2.18. The number of phenolic OH excluding ortho intramolecular Hbond substituents is 1. The molecule has 0 saturated heterocycles. The van der Waals surface area contributed by atoms with Gasteiger partial charge in [0.2, 0.25) is 0 Å². The van der Waals surface area contributed by atoms with E-state index in [4.69, 9.17) is 18.9 Å². The van der Waals surface area contributed by atoms with Crippen LogP contribution in [0.4, 0.5) is 0 Å². The Morgan fingerprint density at radius 3 is 2.25 bits per heavy atom. The minimum Gasteiger partial charge on any atom is -0.507 e. The third-order valence-electron chi connectivity index (χ3n) is 4.04. The van der Waals surface area contributed by atoms with Crippen LogP contribution < -0.4 is 19.5 Å². The van der Waals surface area contributed by atoms with E-state index in [-0.39, 0.29) is 11.3 Å². The monoisotopic (exact) mass is 389 g/mol. The maximum atomic E-state index is 12.2. The van der Waals surface area contributed by atoms with Crippen LogP contribution in [0.15, 0.2) is 36.4 Å². The normalized spacial score (nSPS) is 11.3. The number of nitrogens with one attached hydrogen (secondary N) is 1. The summed E-state index contributed by atoms with van der Waals surface area (Å²) in [6.45, 7) is 1.27. The summed E-state index contributed by atoms with van der Waals surface area (Å²) in [4.78, 5) is 24.2. The van der Waals surface area contributed by atoms with Crippen molar-refractivity contribution >= 4 is 11.9 Å². The molecular weight excluding hydrogens is 366 g/mol. The average Bonchev–Trinajstić information content (AvgIpc) is 2.71. The van der Waals surface area contributed by atoms with E-state index in [1.807, 2.05) is 0 Å². The number of esters is 1. The van der Waals surface area contributed by atoms with Crippen LogP contribution in [0.2, 0.25) is 0 Å². The molecular formula is C20H23NO7. The second kappa shape index (κ2) is 9.50. The van der Waals surface area contributed by atoms with Gasteiger partial charge in [-0.05, 0) is 37.3 Å². The fourth-order valence-electron chi connectivity index (χ4n) is 2.56. The number of carbonyl (C=O) groups is 2. The Balaban J connectivity index is 1.98. The molecule has 2 aromatic rings. The minimum absolute atomic E-state index is 0.0592. The molecule has 0 heterocycles. The number of ether oxygens (including phenoxy) is 4. The van der Waals surface area contributed by atoms with Crippen molar-refractivity contribution in [1.29, 1.82) is 0 Å². The number of hydrogen-bond acceptors (Lipinski definition) is 7. The molecule has 2 aromatic carbocycles. The van der Waals surface area contributed by atoms with E-state index in [1.54, 1.807) is 32.2 Å². The Kier molecular flexibility index (Phi) is 7.08. The van der Waals surface area contributed by atoms with E-state index < -0.39 is 24.5 Å². The van der Waals surface area contributed by atoms with Gasteiger partial charge in [-0.3, -0.25) is 4.79 Å². The van der Waals surface area contributed by atoms with Gasteiger partial charge in [0.25, 0.3) is 5.91 Å². The molecule has 0 radical (unpaired) electrons. The second-order valence-corrected chi connectivity index (χ2v) is 5.86. The molecule has 0 unspecified atom stereocenters. The summed E-state index contributed by atoms with van der Waals surface area (Å²) in [5.74, 6) is -0.000188. The molecule has 0 aromatic heterocycles. The number of carbonyl (C=O) groups excluding carboxylic acids is 2. The highest BCUT2D eigenvalue weighted by Crippen LogP contribution is 2.29. The van der Waals surface area contributed by atoms with Gasteiger partial charge in [0.1, 0.15) is 28.6 Å². The molecule has 0 saturated carbocycles. The number of phenols is 1. The van der Waals surface area contributed by atoms with Crippen molar-refractivity contribution in [3.8, 4) is 23.0 Å². The molecule has 0 fully saturated rings. The quantitative estimate of drug-likeness (QED) is 0.669. The van der Waals surface area contributed by atoms with Crippen molar-refractivity contribution in [2.45, 2.75) is 13.0 Å². The lowest BCUT2D eigenvalue weighted by Gasteiger charge is -2.18. The van der Waals surface area contributed by atoms with Crippen LogP contribution in [0.1, 0.15) is 28.9 Å². The fraction of sp³-hybridized carbons (Fsp3) is 0.300. The summed E-state index contributed by atoms with van der Waals surface area (Å²) in [6, 6.07) is 8.99. The first-order chi connectivity index (χ1) is 13.4. The lowest BCUT2D eigenvalue weighted by Crippen LogP contribution is -2.31. The summed E-state index contributed by atoms with van der Waals surface area (Å²) < 4.78 is 20.4. The first kappa shape index (κ1) is 20.9. The third-order valence-corrected chi connectivity index (χ3v) is 4.04. The van der Waals surface area contributed by atoms with E-state index in [0.717, 1.165) is 0 Å². The molecule has 0 bridgehead atoms. The number of amides is 1. The topological polar surface area (TPSA) is 103 Å². The molecule has 0 spiro atoms. The van der Waals surface area contributed by atoms with Crippen LogP contribution in [0.25, 0.3) is 0 Å². The second-order valence-electron chi connectivity index (χ2n) is 5.86. The summed E-state index contributed by atoms with van der Waals surface area (Å²) in [5.41, 5.74) is 0.658. The van der Waals surface area contributed by atoms with Gasteiger partial charge < -0.3 is 29.4 Å². The van der Waals surface area contributed by atoms with Crippen molar-refractivity contribution in [2.75, 3.05) is 27.9 Å². The van der Waals surface area contributed by atoms with Gasteiger partial charge in [0, 0.05) is 11.6 Å². The Hall–Kier alpha value is -3.42. The minimum atomic E-state index is -0.818. The molecule has 1 amide bonds. The van der Waals surface area contributed by atoms with Gasteiger partial charge >= 0.3 is 5.97 Å². The lowest BCUT2D eigenvalue weighted by atomic mass is 10.1. The highest BCUT2D eigenvalue weighted by molar-refractivity contribution is 5.94. The zero-order valence-electron chi connectivity index (χ0n) is 16.1. The first-order valence-corrected chi connectivity index (χ1v) is 8.45. The van der Waals surface area contributed by atoms with E-state index in [0.29, 0.717) is 22.8 Å². The lowest BCUT2D eigenvalue weighted by molar-refractivity contribution is -0.124. The van der Waals surface area contributed by atoms with Gasteiger partial charge in [-0.1, -0.05) is 0 Å². The van der Waals surface area contributed by atoms with Crippen LogP contribution in [0.5, 0.6) is 23.0 Å². The van der Waals surface area contributed by atoms with Gasteiger partial charge in [0.15, 0.2) is 6.61 Å². The number of benzene rings is 2. The van der Waals surface area contributed by atoms with Gasteiger partial charge in [0.05, 0.1) is 27.4 Å². The predicted molar refractivity (Wildman–Crippen MR) is 101 cm³/mol. The molecule has 2 N–H and O–H groups in total. The summed E-state index contributed by atoms with van der Waals surface area (Å²) >= 11 is 0. The molecule has 8 nitrogen and oxygen atoms in total. The van der Waals surface area contributed by atoms with E-state index >= 15 is 0 Å². The molecule has 2 rings (SSSR count). The SMILES string of the molecule is COc1ccc(C(=O)OCC(=O)N[C@@H](C)c2cc(OC)ccc2OC)c(O)c1. The van der Waals surface area contributed by atoms with Crippen LogP contribution in [0.3, 0.4) is 0 Å². The zero-order chi connectivity index (χ0) is 20.7. The summed E-state index contributed by atoms with van der Waals surface area (Å²) in [5, 5.41) is 12.6. The van der Waals surface area contributed by atoms with Crippen LogP contribution in [-0.4, -0.2) is 44.9 Å². The maximum absolute atomic E-state index is 12.2. The molecule has 150 valence electrons. The standard InChI is InChI=1S/C20H23NO7/c1-12(16-9-13(25-2)6-8-18(16)27-4)21-19(23)11-28-20(24)15-7-5-14(26-3)10-17(15)22/h5-10,12,22H,11H2,1-4H3,(H,21,23)/t12-/m0/s1. The number of aromatic hydroxyl groups is 1. The zero-order valence-corrected chi connectivity index (χ0v) is 16.1. The van der Waals surface area contributed by atoms with Crippen molar-refractivity contribution in [2.24, 2.45) is 0 Å². The van der Waals surface area contributed by atoms with Crippen molar-refractivity contribution in [3.63, 3.8) is 0 Å². The number of rotatable bonds is 8. The van der Waals surface area contributed by atoms with Crippen LogP contribution in [0, 0.1) is 0 Å². The molecule has 0 aliphatic carbocycles. The van der Waals surface area contributed by atoms with E-state index in [1.165, 1.54) is 32.4 Å². The Morgan fingerprint density at radius 1 is 1.00 bits per heavy atom. The maximum Gasteiger partial charge on any atom is 0.342 e. The largest absolute Gasteiger partial charge is 0.507 e. The summed E-state index contributed by atoms with van der Waals surface area (Å²) in [6.07, 6.45) is 0. The van der Waals surface area contributed by atoms with Crippen LogP contribution in [-0.2, 0) is 9.53 Å².